The van der Waals surface area contributed by atoms with Crippen LogP contribution in [0, 0.1) is 23.2 Å². The van der Waals surface area contributed by atoms with Crippen LogP contribution in [0.4, 0.5) is 0 Å². The highest BCUT2D eigenvalue weighted by Gasteiger charge is 2.50. The Hall–Kier alpha value is -1.60. The number of sulfonamides is 1. The van der Waals surface area contributed by atoms with Crippen molar-refractivity contribution in [2.75, 3.05) is 26.7 Å². The van der Waals surface area contributed by atoms with E-state index in [-0.39, 0.29) is 16.6 Å². The minimum absolute atomic E-state index is 0.0486. The van der Waals surface area contributed by atoms with Crippen LogP contribution in [-0.2, 0) is 10.0 Å². The molecule has 1 aromatic rings. The summed E-state index contributed by atoms with van der Waals surface area (Å²) in [4.78, 5) is 12.9. The normalized spacial score (nSPS) is 29.4. The van der Waals surface area contributed by atoms with Gasteiger partial charge in [0.1, 0.15) is 10.6 Å². The van der Waals surface area contributed by atoms with Crippen LogP contribution < -0.4 is 10.1 Å². The van der Waals surface area contributed by atoms with E-state index in [0.29, 0.717) is 30.6 Å². The Morgan fingerprint density at radius 3 is 2.19 bits per heavy atom. The molecule has 7 heteroatoms. The lowest BCUT2D eigenvalue weighted by molar-refractivity contribution is -0.0564. The zero-order chi connectivity index (χ0) is 22.2. The topological polar surface area (TPSA) is 75.7 Å². The van der Waals surface area contributed by atoms with Crippen molar-refractivity contribution in [3.8, 4) is 5.75 Å². The summed E-state index contributed by atoms with van der Waals surface area (Å²) in [5.41, 5.74) is 0.774. The van der Waals surface area contributed by atoms with Crippen molar-refractivity contribution in [2.24, 2.45) is 23.2 Å². The largest absolute Gasteiger partial charge is 0.495 e. The fourth-order valence-electron chi connectivity index (χ4n) is 6.86. The third-order valence-electron chi connectivity index (χ3n) is 7.86. The van der Waals surface area contributed by atoms with Crippen LogP contribution in [0.15, 0.2) is 23.1 Å². The molecule has 172 valence electrons. The summed E-state index contributed by atoms with van der Waals surface area (Å²) in [5, 5.41) is 3.06. The monoisotopic (exact) mass is 448 g/mol. The van der Waals surface area contributed by atoms with Crippen molar-refractivity contribution < 1.29 is 17.9 Å². The number of benzene rings is 1. The highest BCUT2D eigenvalue weighted by atomic mass is 32.2. The van der Waals surface area contributed by atoms with Crippen LogP contribution in [-0.4, -0.2) is 45.4 Å². The predicted octanol–water partition coefficient (Wildman–Crippen LogP) is 4.06. The van der Waals surface area contributed by atoms with E-state index >= 15 is 0 Å². The number of methoxy groups -OCH3 is 1. The molecule has 0 unspecified atom stereocenters. The van der Waals surface area contributed by atoms with Gasteiger partial charge in [0.25, 0.3) is 5.91 Å². The molecule has 4 bridgehead atoms. The maximum Gasteiger partial charge on any atom is 0.251 e. The molecule has 1 amide bonds. The van der Waals surface area contributed by atoms with Gasteiger partial charge in [0, 0.05) is 25.2 Å². The molecule has 1 aromatic carbocycles. The smallest absolute Gasteiger partial charge is 0.251 e. The van der Waals surface area contributed by atoms with E-state index in [2.05, 4.69) is 5.32 Å². The summed E-state index contributed by atoms with van der Waals surface area (Å²) in [6, 6.07) is 4.66. The Labute approximate surface area is 186 Å². The molecule has 4 fully saturated rings. The van der Waals surface area contributed by atoms with Gasteiger partial charge in [-0.15, -0.1) is 0 Å². The number of carbonyl (C=O) groups excluding carboxylic acids is 1. The predicted molar refractivity (Wildman–Crippen MR) is 121 cm³/mol. The quantitative estimate of drug-likeness (QED) is 0.618. The number of nitrogens with one attached hydrogen (secondary N) is 1. The van der Waals surface area contributed by atoms with Crippen molar-refractivity contribution in [1.29, 1.82) is 0 Å². The standard InChI is InChI=1S/C24H36N2O4S/c1-4-26(5-2)31(28,29)22-13-20(6-7-21(22)30-3)23(27)25-9-8-24-14-17-10-18(15-24)12-19(11-17)16-24/h6-7,13,17-19H,4-5,8-12,14-16H2,1-3H3,(H,25,27). The number of hydrogen-bond acceptors (Lipinski definition) is 4. The van der Waals surface area contributed by atoms with Crippen LogP contribution in [0.5, 0.6) is 5.75 Å². The van der Waals surface area contributed by atoms with Gasteiger partial charge in [-0.2, -0.15) is 4.31 Å². The molecule has 1 N–H and O–H groups in total. The molecule has 0 aliphatic heterocycles. The second-order valence-electron chi connectivity index (χ2n) is 9.88. The fraction of sp³-hybridized carbons (Fsp3) is 0.708. The van der Waals surface area contributed by atoms with Crippen LogP contribution >= 0.6 is 0 Å². The molecular weight excluding hydrogens is 412 g/mol. The molecule has 4 aliphatic rings. The molecule has 0 atom stereocenters. The van der Waals surface area contributed by atoms with Crippen LogP contribution in [0.2, 0.25) is 0 Å². The van der Waals surface area contributed by atoms with Crippen LogP contribution in [0.3, 0.4) is 0 Å². The van der Waals surface area contributed by atoms with E-state index in [1.807, 2.05) is 0 Å². The number of nitrogens with zero attached hydrogens (tertiary/aromatic N) is 1. The van der Waals surface area contributed by atoms with E-state index in [1.165, 1.54) is 56.0 Å². The van der Waals surface area contributed by atoms with E-state index in [4.69, 9.17) is 4.74 Å². The molecule has 6 nitrogen and oxygen atoms in total. The average molecular weight is 449 g/mol. The molecule has 4 aliphatic carbocycles. The molecular formula is C24H36N2O4S. The molecule has 31 heavy (non-hydrogen) atoms. The number of amides is 1. The van der Waals surface area contributed by atoms with Gasteiger partial charge in [-0.25, -0.2) is 8.42 Å². The van der Waals surface area contributed by atoms with Gasteiger partial charge in [0.15, 0.2) is 0 Å². The van der Waals surface area contributed by atoms with E-state index in [1.54, 1.807) is 26.0 Å². The third-order valence-corrected chi connectivity index (χ3v) is 9.93. The number of hydrogen-bond donors (Lipinski definition) is 1. The number of rotatable bonds is 9. The van der Waals surface area contributed by atoms with Crippen molar-refractivity contribution in [3.63, 3.8) is 0 Å². The zero-order valence-electron chi connectivity index (χ0n) is 19.0. The minimum Gasteiger partial charge on any atom is -0.495 e. The van der Waals surface area contributed by atoms with Crippen molar-refractivity contribution >= 4 is 15.9 Å². The first-order valence-electron chi connectivity index (χ1n) is 11.8. The molecule has 0 spiro atoms. The molecule has 0 saturated heterocycles. The number of ether oxygens (including phenoxy) is 1. The second-order valence-corrected chi connectivity index (χ2v) is 11.8. The van der Waals surface area contributed by atoms with Crippen LogP contribution in [0.25, 0.3) is 0 Å². The zero-order valence-corrected chi connectivity index (χ0v) is 19.8. The van der Waals surface area contributed by atoms with E-state index in [9.17, 15) is 13.2 Å². The van der Waals surface area contributed by atoms with Gasteiger partial charge in [0.05, 0.1) is 7.11 Å². The first-order chi connectivity index (χ1) is 14.8. The third kappa shape index (κ3) is 4.36. The van der Waals surface area contributed by atoms with Crippen molar-refractivity contribution in [2.45, 2.75) is 63.7 Å². The van der Waals surface area contributed by atoms with Gasteiger partial charge < -0.3 is 10.1 Å². The SMILES string of the molecule is CCN(CC)S(=O)(=O)c1cc(C(=O)NCCC23CC4CC(CC(C4)C2)C3)ccc1OC. The summed E-state index contributed by atoms with van der Waals surface area (Å²) in [6.45, 7) is 4.98. The van der Waals surface area contributed by atoms with Gasteiger partial charge in [-0.3, -0.25) is 4.79 Å². The molecule has 0 radical (unpaired) electrons. The maximum atomic E-state index is 13.0. The molecule has 5 rings (SSSR count). The van der Waals surface area contributed by atoms with Gasteiger partial charge in [0.2, 0.25) is 10.0 Å². The van der Waals surface area contributed by atoms with Gasteiger partial charge in [-0.1, -0.05) is 13.8 Å². The first-order valence-corrected chi connectivity index (χ1v) is 13.2. The maximum absolute atomic E-state index is 13.0. The fourth-order valence-corrected chi connectivity index (χ4v) is 8.50. The highest BCUT2D eigenvalue weighted by molar-refractivity contribution is 7.89. The Morgan fingerprint density at radius 1 is 1.10 bits per heavy atom. The number of carbonyl (C=O) groups is 1. The molecule has 0 heterocycles. The first kappa shape index (κ1) is 22.6. The highest BCUT2D eigenvalue weighted by Crippen LogP contribution is 2.61. The lowest BCUT2D eigenvalue weighted by Crippen LogP contribution is -2.47. The average Bonchev–Trinajstić information content (AvgIpc) is 2.72. The van der Waals surface area contributed by atoms with Crippen molar-refractivity contribution in [3.05, 3.63) is 23.8 Å². The van der Waals surface area contributed by atoms with Gasteiger partial charge >= 0.3 is 0 Å². The van der Waals surface area contributed by atoms with Gasteiger partial charge in [-0.05, 0) is 86.3 Å². The van der Waals surface area contributed by atoms with E-state index < -0.39 is 10.0 Å². The Kier molecular flexibility index (Phi) is 6.37. The summed E-state index contributed by atoms with van der Waals surface area (Å²) in [5.74, 6) is 2.74. The van der Waals surface area contributed by atoms with E-state index in [0.717, 1.165) is 24.2 Å². The summed E-state index contributed by atoms with van der Waals surface area (Å²) in [6.07, 6.45) is 9.25. The van der Waals surface area contributed by atoms with Crippen LogP contribution in [0.1, 0.15) is 69.2 Å². The lowest BCUT2D eigenvalue weighted by Gasteiger charge is -2.57. The molecule has 0 aromatic heterocycles. The second kappa shape index (κ2) is 8.74. The summed E-state index contributed by atoms with van der Waals surface area (Å²) in [7, 11) is -2.28. The minimum atomic E-state index is -3.72. The lowest BCUT2D eigenvalue weighted by atomic mass is 9.49. The Balaban J connectivity index is 1.44. The molecule has 4 saturated carbocycles. The Bertz CT molecular complexity index is 888. The summed E-state index contributed by atoms with van der Waals surface area (Å²) >= 11 is 0. The summed E-state index contributed by atoms with van der Waals surface area (Å²) < 4.78 is 32.7. The van der Waals surface area contributed by atoms with Crippen molar-refractivity contribution in [1.82, 2.24) is 9.62 Å². The Morgan fingerprint density at radius 2 is 1.68 bits per heavy atom.